The van der Waals surface area contributed by atoms with Gasteiger partial charge in [-0.05, 0) is 76.6 Å². The highest BCUT2D eigenvalue weighted by molar-refractivity contribution is 7.07. The molecule has 2 aromatic heterocycles. The van der Waals surface area contributed by atoms with Crippen LogP contribution in [0.4, 0.5) is 5.82 Å². The molecule has 0 aliphatic heterocycles. The lowest BCUT2D eigenvalue weighted by atomic mass is 9.82. The number of carbonyl (C=O) groups excluding carboxylic acids is 2. The number of carbonyl (C=O) groups is 2. The van der Waals surface area contributed by atoms with E-state index in [1.807, 2.05) is 43.5 Å². The maximum Gasteiger partial charge on any atom is 0.343 e. The van der Waals surface area contributed by atoms with E-state index < -0.39 is 5.97 Å². The predicted octanol–water partition coefficient (Wildman–Crippen LogP) is 5.65. The third kappa shape index (κ3) is 5.95. The predicted molar refractivity (Wildman–Crippen MR) is 140 cm³/mol. The molecule has 36 heavy (non-hydrogen) atoms. The van der Waals surface area contributed by atoms with Crippen molar-refractivity contribution >= 4 is 29.0 Å². The van der Waals surface area contributed by atoms with Gasteiger partial charge in [0.25, 0.3) is 0 Å². The molecule has 0 unspecified atom stereocenters. The quantitative estimate of drug-likeness (QED) is 0.346. The number of rotatable bonds is 9. The van der Waals surface area contributed by atoms with Crippen LogP contribution in [-0.4, -0.2) is 39.3 Å². The molecule has 1 aliphatic rings. The lowest BCUT2D eigenvalue weighted by molar-refractivity contribution is -0.124. The van der Waals surface area contributed by atoms with Crippen LogP contribution in [0.2, 0.25) is 0 Å². The molecule has 2 heterocycles. The van der Waals surface area contributed by atoms with Crippen molar-refractivity contribution in [1.29, 1.82) is 0 Å². The van der Waals surface area contributed by atoms with Crippen molar-refractivity contribution in [3.8, 4) is 11.4 Å². The lowest BCUT2D eigenvalue weighted by Gasteiger charge is -2.32. The van der Waals surface area contributed by atoms with E-state index in [0.717, 1.165) is 37.1 Å². The van der Waals surface area contributed by atoms with Gasteiger partial charge >= 0.3 is 5.97 Å². The fraction of sp³-hybridized carbons (Fsp3) is 0.481. The molecule has 9 heteroatoms. The van der Waals surface area contributed by atoms with E-state index >= 15 is 0 Å². The molecule has 0 bridgehead atoms. The minimum Gasteiger partial charge on any atom is -0.487 e. The van der Waals surface area contributed by atoms with Gasteiger partial charge in [-0.25, -0.2) is 14.5 Å². The number of ether oxygens (including phenoxy) is 2. The van der Waals surface area contributed by atoms with Crippen molar-refractivity contribution in [1.82, 2.24) is 14.8 Å². The lowest BCUT2D eigenvalue weighted by Crippen LogP contribution is -2.43. The molecule has 1 aromatic carbocycles. The van der Waals surface area contributed by atoms with E-state index in [4.69, 9.17) is 14.6 Å². The SMILES string of the molecule is CCOC(=O)c1cn(-c2ccc(OCc3cscn3)cc2)nc1N(C(=O)[C@H]1CC[C@H](C)CC1)C(C)C. The van der Waals surface area contributed by atoms with Gasteiger partial charge in [-0.15, -0.1) is 16.4 Å². The minimum absolute atomic E-state index is 0.0264. The van der Waals surface area contributed by atoms with Crippen LogP contribution in [0.25, 0.3) is 5.69 Å². The van der Waals surface area contributed by atoms with E-state index in [0.29, 0.717) is 24.1 Å². The standard InChI is InChI=1S/C27H34N4O4S/c1-5-34-27(33)24-14-30(22-10-12-23(13-11-22)35-15-21-16-36-17-28-21)29-25(24)31(18(2)3)26(32)20-8-6-19(4)7-9-20/h10-14,16-20H,5-9,15H2,1-4H3/t19-,20-. The van der Waals surface area contributed by atoms with Crippen molar-refractivity contribution < 1.29 is 19.1 Å². The van der Waals surface area contributed by atoms with Crippen LogP contribution in [0.3, 0.4) is 0 Å². The Morgan fingerprint density at radius 3 is 2.50 bits per heavy atom. The smallest absolute Gasteiger partial charge is 0.343 e. The number of thiazole rings is 1. The maximum atomic E-state index is 13.6. The van der Waals surface area contributed by atoms with Gasteiger partial charge in [0.15, 0.2) is 5.82 Å². The second kappa shape index (κ2) is 11.7. The molecule has 0 N–H and O–H groups in total. The summed E-state index contributed by atoms with van der Waals surface area (Å²) in [6.07, 6.45) is 5.45. The van der Waals surface area contributed by atoms with Crippen LogP contribution in [0.1, 0.15) is 69.4 Å². The molecule has 0 saturated heterocycles. The van der Waals surface area contributed by atoms with E-state index in [9.17, 15) is 9.59 Å². The molecular formula is C27H34N4O4S. The Kier molecular flexibility index (Phi) is 8.40. The van der Waals surface area contributed by atoms with Gasteiger partial charge in [-0.1, -0.05) is 6.92 Å². The van der Waals surface area contributed by atoms with Gasteiger partial charge in [0.05, 0.1) is 23.5 Å². The van der Waals surface area contributed by atoms with Crippen molar-refractivity contribution in [2.24, 2.45) is 11.8 Å². The van der Waals surface area contributed by atoms with Crippen LogP contribution in [0.15, 0.2) is 41.4 Å². The first kappa shape index (κ1) is 25.9. The minimum atomic E-state index is -0.488. The van der Waals surface area contributed by atoms with Gasteiger partial charge < -0.3 is 9.47 Å². The van der Waals surface area contributed by atoms with Crippen molar-refractivity contribution in [3.63, 3.8) is 0 Å². The summed E-state index contributed by atoms with van der Waals surface area (Å²) in [5.74, 6) is 1.17. The summed E-state index contributed by atoms with van der Waals surface area (Å²) in [5, 5.41) is 6.67. The third-order valence-electron chi connectivity index (χ3n) is 6.51. The maximum absolute atomic E-state index is 13.6. The number of nitrogens with zero attached hydrogens (tertiary/aromatic N) is 4. The summed E-state index contributed by atoms with van der Waals surface area (Å²) >= 11 is 1.53. The molecule has 8 nitrogen and oxygen atoms in total. The Hall–Kier alpha value is -3.20. The van der Waals surface area contributed by atoms with Gasteiger partial charge in [0.1, 0.15) is 17.9 Å². The number of hydrogen-bond donors (Lipinski definition) is 0. The monoisotopic (exact) mass is 510 g/mol. The summed E-state index contributed by atoms with van der Waals surface area (Å²) in [4.78, 5) is 32.4. The largest absolute Gasteiger partial charge is 0.487 e. The van der Waals surface area contributed by atoms with E-state index in [1.54, 1.807) is 28.2 Å². The van der Waals surface area contributed by atoms with Gasteiger partial charge in [0, 0.05) is 23.5 Å². The van der Waals surface area contributed by atoms with Crippen LogP contribution in [0.5, 0.6) is 5.75 Å². The van der Waals surface area contributed by atoms with Crippen LogP contribution in [-0.2, 0) is 16.1 Å². The first-order valence-corrected chi connectivity index (χ1v) is 13.5. The Bertz CT molecular complexity index is 1150. The third-order valence-corrected chi connectivity index (χ3v) is 7.14. The second-order valence-corrected chi connectivity index (χ2v) is 10.3. The number of amides is 1. The Morgan fingerprint density at radius 2 is 1.89 bits per heavy atom. The zero-order valence-electron chi connectivity index (χ0n) is 21.3. The van der Waals surface area contributed by atoms with Crippen molar-refractivity contribution in [2.45, 2.75) is 66.0 Å². The summed E-state index contributed by atoms with van der Waals surface area (Å²) < 4.78 is 12.7. The van der Waals surface area contributed by atoms with Crippen LogP contribution in [0, 0.1) is 11.8 Å². The van der Waals surface area contributed by atoms with E-state index in [2.05, 4.69) is 11.9 Å². The zero-order chi connectivity index (χ0) is 25.7. The van der Waals surface area contributed by atoms with Gasteiger partial charge in [0.2, 0.25) is 5.91 Å². The Balaban J connectivity index is 1.61. The van der Waals surface area contributed by atoms with Crippen molar-refractivity contribution in [2.75, 3.05) is 11.5 Å². The number of anilines is 1. The number of aromatic nitrogens is 3. The molecule has 1 saturated carbocycles. The fourth-order valence-electron chi connectivity index (χ4n) is 4.50. The topological polar surface area (TPSA) is 86.6 Å². The number of benzene rings is 1. The normalized spacial score (nSPS) is 17.7. The molecule has 0 radical (unpaired) electrons. The summed E-state index contributed by atoms with van der Waals surface area (Å²) in [7, 11) is 0. The highest BCUT2D eigenvalue weighted by atomic mass is 32.1. The summed E-state index contributed by atoms with van der Waals surface area (Å²) in [6, 6.07) is 7.27. The molecule has 192 valence electrons. The molecule has 1 fully saturated rings. The Morgan fingerprint density at radius 1 is 1.17 bits per heavy atom. The molecule has 4 rings (SSSR count). The molecule has 1 amide bonds. The van der Waals surface area contributed by atoms with E-state index in [-0.39, 0.29) is 30.0 Å². The van der Waals surface area contributed by atoms with E-state index in [1.165, 1.54) is 11.3 Å². The Labute approximate surface area is 216 Å². The highest BCUT2D eigenvalue weighted by Gasteiger charge is 2.34. The summed E-state index contributed by atoms with van der Waals surface area (Å²) in [6.45, 7) is 8.53. The number of esters is 1. The fourth-order valence-corrected chi connectivity index (χ4v) is 5.04. The molecule has 3 aromatic rings. The summed E-state index contributed by atoms with van der Waals surface area (Å²) in [5.41, 5.74) is 3.69. The second-order valence-electron chi connectivity index (χ2n) is 9.55. The molecular weight excluding hydrogens is 476 g/mol. The van der Waals surface area contributed by atoms with Crippen LogP contribution >= 0.6 is 11.3 Å². The molecule has 0 atom stereocenters. The first-order chi connectivity index (χ1) is 17.4. The average Bonchev–Trinajstić information content (AvgIpc) is 3.54. The number of hydrogen-bond acceptors (Lipinski definition) is 7. The van der Waals surface area contributed by atoms with Gasteiger partial charge in [-0.3, -0.25) is 9.69 Å². The zero-order valence-corrected chi connectivity index (χ0v) is 22.2. The average molecular weight is 511 g/mol. The molecule has 1 aliphatic carbocycles. The van der Waals surface area contributed by atoms with Crippen LogP contribution < -0.4 is 9.64 Å². The van der Waals surface area contributed by atoms with Gasteiger partial charge in [-0.2, -0.15) is 0 Å². The van der Waals surface area contributed by atoms with Crippen molar-refractivity contribution in [3.05, 3.63) is 52.6 Å². The molecule has 0 spiro atoms. The first-order valence-electron chi connectivity index (χ1n) is 12.6. The highest BCUT2D eigenvalue weighted by Crippen LogP contribution is 2.33.